The van der Waals surface area contributed by atoms with Crippen LogP contribution in [0.3, 0.4) is 0 Å². The van der Waals surface area contributed by atoms with Gasteiger partial charge in [-0.2, -0.15) is 0 Å². The molecule has 0 saturated carbocycles. The molecule has 6 nitrogen and oxygen atoms in total. The molecule has 1 N–H and O–H groups in total. The normalized spacial score (nSPS) is 20.4. The standard InChI is InChI=1S/C10H15NO5/c1-3-4-9(13)15-6(2)16-10(14)7-5-8(12)11-7/h6-7H,3-5H2,1-2H3,(H,11,12)/t6-,7?/m1/s1. The lowest BCUT2D eigenvalue weighted by Crippen LogP contribution is -2.54. The van der Waals surface area contributed by atoms with Gasteiger partial charge < -0.3 is 14.8 Å². The molecule has 0 aliphatic carbocycles. The fourth-order valence-corrected chi connectivity index (χ4v) is 1.22. The van der Waals surface area contributed by atoms with Crippen LogP contribution in [-0.2, 0) is 23.9 Å². The lowest BCUT2D eigenvalue weighted by Gasteiger charge is -2.26. The van der Waals surface area contributed by atoms with Crippen LogP contribution >= 0.6 is 0 Å². The summed E-state index contributed by atoms with van der Waals surface area (Å²) in [4.78, 5) is 32.9. The van der Waals surface area contributed by atoms with Crippen LogP contribution in [0.1, 0.15) is 33.1 Å². The fourth-order valence-electron chi connectivity index (χ4n) is 1.22. The van der Waals surface area contributed by atoms with Crippen molar-refractivity contribution < 1.29 is 23.9 Å². The molecule has 1 aliphatic heterocycles. The number of amides is 1. The van der Waals surface area contributed by atoms with Gasteiger partial charge in [-0.25, -0.2) is 4.79 Å². The van der Waals surface area contributed by atoms with E-state index in [0.29, 0.717) is 12.8 Å². The van der Waals surface area contributed by atoms with Crippen molar-refractivity contribution in [2.24, 2.45) is 0 Å². The zero-order chi connectivity index (χ0) is 12.1. The Bertz CT molecular complexity index is 294. The molecule has 1 heterocycles. The molecule has 1 aliphatic rings. The second kappa shape index (κ2) is 5.48. The summed E-state index contributed by atoms with van der Waals surface area (Å²) in [5, 5.41) is 2.37. The minimum atomic E-state index is -0.913. The molecule has 0 aromatic rings. The van der Waals surface area contributed by atoms with E-state index in [1.807, 2.05) is 6.92 Å². The first-order chi connectivity index (χ1) is 7.52. The Morgan fingerprint density at radius 2 is 2.12 bits per heavy atom. The van der Waals surface area contributed by atoms with Gasteiger partial charge >= 0.3 is 11.9 Å². The monoisotopic (exact) mass is 229 g/mol. The molecule has 1 amide bonds. The van der Waals surface area contributed by atoms with Gasteiger partial charge in [0.25, 0.3) is 0 Å². The van der Waals surface area contributed by atoms with Crippen molar-refractivity contribution in [1.29, 1.82) is 0 Å². The predicted molar refractivity (Wildman–Crippen MR) is 53.1 cm³/mol. The third-order valence-electron chi connectivity index (χ3n) is 2.04. The number of carbonyl (C=O) groups excluding carboxylic acids is 3. The molecule has 0 spiro atoms. The molecule has 1 unspecified atom stereocenters. The number of rotatable bonds is 5. The summed E-state index contributed by atoms with van der Waals surface area (Å²) >= 11 is 0. The van der Waals surface area contributed by atoms with Crippen LogP contribution in [0.25, 0.3) is 0 Å². The highest BCUT2D eigenvalue weighted by Gasteiger charge is 2.34. The van der Waals surface area contributed by atoms with E-state index in [2.05, 4.69) is 5.32 Å². The Morgan fingerprint density at radius 3 is 2.62 bits per heavy atom. The van der Waals surface area contributed by atoms with Crippen molar-refractivity contribution in [3.05, 3.63) is 0 Å². The van der Waals surface area contributed by atoms with Gasteiger partial charge in [0, 0.05) is 13.3 Å². The molecular formula is C10H15NO5. The van der Waals surface area contributed by atoms with Gasteiger partial charge in [0.2, 0.25) is 12.2 Å². The van der Waals surface area contributed by atoms with Gasteiger partial charge in [0.1, 0.15) is 6.04 Å². The topological polar surface area (TPSA) is 81.7 Å². The predicted octanol–water partition coefficient (Wildman–Crippen LogP) is 0.107. The Kier molecular flexibility index (Phi) is 4.28. The van der Waals surface area contributed by atoms with Crippen molar-refractivity contribution in [3.63, 3.8) is 0 Å². The third kappa shape index (κ3) is 3.52. The average Bonchev–Trinajstić information content (AvgIpc) is 2.12. The van der Waals surface area contributed by atoms with Crippen molar-refractivity contribution in [2.45, 2.75) is 45.4 Å². The molecule has 1 fully saturated rings. The summed E-state index contributed by atoms with van der Waals surface area (Å²) in [5.41, 5.74) is 0. The highest BCUT2D eigenvalue weighted by molar-refractivity contribution is 5.94. The molecule has 1 rings (SSSR count). The maximum absolute atomic E-state index is 11.3. The van der Waals surface area contributed by atoms with Crippen molar-refractivity contribution in [1.82, 2.24) is 5.32 Å². The molecule has 0 aromatic carbocycles. The largest absolute Gasteiger partial charge is 0.425 e. The van der Waals surface area contributed by atoms with Gasteiger partial charge in [-0.1, -0.05) is 6.92 Å². The summed E-state index contributed by atoms with van der Waals surface area (Å²) in [7, 11) is 0. The molecule has 0 radical (unpaired) electrons. The smallest absolute Gasteiger partial charge is 0.332 e. The number of ether oxygens (including phenoxy) is 2. The van der Waals surface area contributed by atoms with Crippen LogP contribution in [0.2, 0.25) is 0 Å². The molecule has 1 saturated heterocycles. The second-order valence-corrected chi connectivity index (χ2v) is 3.57. The van der Waals surface area contributed by atoms with Gasteiger partial charge in [-0.05, 0) is 6.42 Å². The van der Waals surface area contributed by atoms with Crippen LogP contribution in [0.4, 0.5) is 0 Å². The van der Waals surface area contributed by atoms with Crippen LogP contribution in [-0.4, -0.2) is 30.2 Å². The number of hydrogen-bond donors (Lipinski definition) is 1. The zero-order valence-electron chi connectivity index (χ0n) is 9.32. The minimum Gasteiger partial charge on any atom is -0.425 e. The van der Waals surface area contributed by atoms with Crippen molar-refractivity contribution in [3.8, 4) is 0 Å². The zero-order valence-corrected chi connectivity index (χ0v) is 9.32. The first kappa shape index (κ1) is 12.5. The maximum atomic E-state index is 11.3. The first-order valence-electron chi connectivity index (χ1n) is 5.22. The van der Waals surface area contributed by atoms with E-state index in [1.165, 1.54) is 6.92 Å². The Balaban J connectivity index is 2.23. The van der Waals surface area contributed by atoms with E-state index in [-0.39, 0.29) is 12.3 Å². The summed E-state index contributed by atoms with van der Waals surface area (Å²) in [6.45, 7) is 3.31. The fraction of sp³-hybridized carbons (Fsp3) is 0.700. The highest BCUT2D eigenvalue weighted by Crippen LogP contribution is 2.08. The highest BCUT2D eigenvalue weighted by atomic mass is 16.7. The molecule has 2 atom stereocenters. The molecule has 0 aromatic heterocycles. The Hall–Kier alpha value is -1.59. The van der Waals surface area contributed by atoms with Gasteiger partial charge in [-0.3, -0.25) is 9.59 Å². The number of β-lactam (4-membered cyclic amide) rings is 1. The minimum absolute atomic E-state index is 0.133. The van der Waals surface area contributed by atoms with E-state index in [9.17, 15) is 14.4 Å². The van der Waals surface area contributed by atoms with Crippen molar-refractivity contribution >= 4 is 17.8 Å². The lowest BCUT2D eigenvalue weighted by atomic mass is 10.1. The third-order valence-corrected chi connectivity index (χ3v) is 2.04. The van der Waals surface area contributed by atoms with Crippen molar-refractivity contribution in [2.75, 3.05) is 0 Å². The first-order valence-corrected chi connectivity index (χ1v) is 5.22. The van der Waals surface area contributed by atoms with Gasteiger partial charge in [-0.15, -0.1) is 0 Å². The summed E-state index contributed by atoms with van der Waals surface area (Å²) < 4.78 is 9.64. The van der Waals surface area contributed by atoms with Crippen LogP contribution in [0.15, 0.2) is 0 Å². The van der Waals surface area contributed by atoms with Crippen LogP contribution in [0, 0.1) is 0 Å². The number of carbonyl (C=O) groups is 3. The van der Waals surface area contributed by atoms with E-state index >= 15 is 0 Å². The van der Waals surface area contributed by atoms with E-state index in [4.69, 9.17) is 9.47 Å². The van der Waals surface area contributed by atoms with Crippen LogP contribution < -0.4 is 5.32 Å². The number of esters is 2. The van der Waals surface area contributed by atoms with Gasteiger partial charge in [0.05, 0.1) is 6.42 Å². The lowest BCUT2D eigenvalue weighted by molar-refractivity contribution is -0.188. The van der Waals surface area contributed by atoms with Gasteiger partial charge in [0.15, 0.2) is 0 Å². The summed E-state index contributed by atoms with van der Waals surface area (Å²) in [5.74, 6) is -1.16. The molecule has 0 bridgehead atoms. The number of hydrogen-bond acceptors (Lipinski definition) is 5. The molecular weight excluding hydrogens is 214 g/mol. The SMILES string of the molecule is CCCC(=O)O[C@@H](C)OC(=O)C1CC(=O)N1. The summed E-state index contributed by atoms with van der Waals surface area (Å²) in [6, 6.07) is -0.597. The van der Waals surface area contributed by atoms with E-state index in [1.54, 1.807) is 0 Å². The summed E-state index contributed by atoms with van der Waals surface area (Å²) in [6.07, 6.45) is 0.193. The van der Waals surface area contributed by atoms with Crippen LogP contribution in [0.5, 0.6) is 0 Å². The quantitative estimate of drug-likeness (QED) is 0.411. The Labute approximate surface area is 93.3 Å². The van der Waals surface area contributed by atoms with E-state index in [0.717, 1.165) is 0 Å². The number of nitrogens with one attached hydrogen (secondary N) is 1. The second-order valence-electron chi connectivity index (χ2n) is 3.57. The van der Waals surface area contributed by atoms with E-state index < -0.39 is 24.3 Å². The molecule has 6 heteroatoms. The maximum Gasteiger partial charge on any atom is 0.332 e. The average molecular weight is 229 g/mol. The Morgan fingerprint density at radius 1 is 1.50 bits per heavy atom. The molecule has 90 valence electrons. The molecule has 16 heavy (non-hydrogen) atoms.